The number of hydrogen-bond donors (Lipinski definition) is 1. The van der Waals surface area contributed by atoms with Crippen molar-refractivity contribution < 1.29 is 22.3 Å². The van der Waals surface area contributed by atoms with Gasteiger partial charge in [0.15, 0.2) is 0 Å². The Morgan fingerprint density at radius 3 is 2.32 bits per heavy atom. The molecule has 0 bridgehead atoms. The lowest BCUT2D eigenvalue weighted by atomic mass is 10.2. The Balaban J connectivity index is 2.09. The van der Waals surface area contributed by atoms with E-state index in [-0.39, 0.29) is 18.3 Å². The van der Waals surface area contributed by atoms with Crippen molar-refractivity contribution in [3.05, 3.63) is 59.9 Å². The Bertz CT molecular complexity index is 914. The molecule has 0 aliphatic carbocycles. The van der Waals surface area contributed by atoms with Gasteiger partial charge in [-0.25, -0.2) is 12.8 Å². The quantitative estimate of drug-likeness (QED) is 0.728. The molecule has 0 fully saturated rings. The zero-order valence-corrected chi connectivity index (χ0v) is 17.2. The lowest BCUT2D eigenvalue weighted by molar-refractivity contribution is -0.122. The normalized spacial score (nSPS) is 12.5. The predicted molar refractivity (Wildman–Crippen MR) is 107 cm³/mol. The summed E-state index contributed by atoms with van der Waals surface area (Å²) in [5.41, 5.74) is 0.939. The van der Waals surface area contributed by atoms with E-state index in [9.17, 15) is 17.6 Å². The average Bonchev–Trinajstić information content (AvgIpc) is 2.59. The Morgan fingerprint density at radius 1 is 1.14 bits per heavy atom. The van der Waals surface area contributed by atoms with Crippen LogP contribution in [-0.4, -0.2) is 32.7 Å². The van der Waals surface area contributed by atoms with Crippen LogP contribution in [0.1, 0.15) is 26.3 Å². The average molecular weight is 408 g/mol. The third-order valence-corrected chi connectivity index (χ3v) is 5.15. The second-order valence-corrected chi connectivity index (χ2v) is 8.60. The van der Waals surface area contributed by atoms with E-state index in [1.54, 1.807) is 12.1 Å². The van der Waals surface area contributed by atoms with Crippen LogP contribution >= 0.6 is 0 Å². The van der Waals surface area contributed by atoms with Crippen molar-refractivity contribution in [1.82, 2.24) is 5.32 Å². The van der Waals surface area contributed by atoms with Crippen LogP contribution in [0, 0.1) is 5.82 Å². The third-order valence-electron chi connectivity index (χ3n) is 3.91. The van der Waals surface area contributed by atoms with Crippen molar-refractivity contribution in [2.24, 2.45) is 0 Å². The van der Waals surface area contributed by atoms with Crippen LogP contribution in [0.2, 0.25) is 0 Å². The fraction of sp³-hybridized carbons (Fsp3) is 0.350. The molecule has 0 spiro atoms. The van der Waals surface area contributed by atoms with Crippen molar-refractivity contribution in [1.29, 1.82) is 0 Å². The lowest BCUT2D eigenvalue weighted by Crippen LogP contribution is -2.47. The van der Waals surface area contributed by atoms with Crippen molar-refractivity contribution in [3.8, 4) is 5.75 Å². The highest BCUT2D eigenvalue weighted by atomic mass is 32.2. The first-order valence-corrected chi connectivity index (χ1v) is 10.7. The van der Waals surface area contributed by atoms with E-state index in [2.05, 4.69) is 5.32 Å². The molecule has 8 heteroatoms. The number of carbonyl (C=O) groups excluding carboxylic acids is 1. The number of nitrogens with one attached hydrogen (secondary N) is 1. The second kappa shape index (κ2) is 9.05. The molecule has 0 saturated carbocycles. The highest BCUT2D eigenvalue weighted by Crippen LogP contribution is 2.22. The van der Waals surface area contributed by atoms with Gasteiger partial charge in [0, 0.05) is 6.54 Å². The first-order valence-electron chi connectivity index (χ1n) is 8.86. The molecule has 2 aromatic carbocycles. The summed E-state index contributed by atoms with van der Waals surface area (Å²) in [6.45, 7) is 5.55. The summed E-state index contributed by atoms with van der Waals surface area (Å²) >= 11 is 0. The Hall–Kier alpha value is -2.61. The SMILES string of the molecule is CC(C)Oc1ccc(CNC(=O)[C@H](C)N(c2cccc(F)c2)S(C)(=O)=O)cc1. The maximum absolute atomic E-state index is 13.5. The van der Waals surface area contributed by atoms with Gasteiger partial charge in [-0.2, -0.15) is 0 Å². The van der Waals surface area contributed by atoms with E-state index in [1.807, 2.05) is 26.0 Å². The summed E-state index contributed by atoms with van der Waals surface area (Å²) in [6.07, 6.45) is 1.05. The van der Waals surface area contributed by atoms with Gasteiger partial charge in [0.1, 0.15) is 17.6 Å². The van der Waals surface area contributed by atoms with Crippen molar-refractivity contribution in [2.75, 3.05) is 10.6 Å². The minimum Gasteiger partial charge on any atom is -0.491 e. The van der Waals surface area contributed by atoms with Gasteiger partial charge in [-0.05, 0) is 56.7 Å². The predicted octanol–water partition coefficient (Wildman–Crippen LogP) is 3.08. The smallest absolute Gasteiger partial charge is 0.243 e. The number of ether oxygens (including phenoxy) is 1. The zero-order valence-electron chi connectivity index (χ0n) is 16.3. The van der Waals surface area contributed by atoms with Gasteiger partial charge in [0.25, 0.3) is 0 Å². The Kier molecular flexibility index (Phi) is 7.01. The molecule has 0 heterocycles. The molecule has 1 amide bonds. The summed E-state index contributed by atoms with van der Waals surface area (Å²) in [7, 11) is -3.79. The van der Waals surface area contributed by atoms with Crippen LogP contribution in [0.5, 0.6) is 5.75 Å². The van der Waals surface area contributed by atoms with E-state index in [4.69, 9.17) is 4.74 Å². The van der Waals surface area contributed by atoms with Gasteiger partial charge in [-0.1, -0.05) is 18.2 Å². The molecule has 6 nitrogen and oxygen atoms in total. The van der Waals surface area contributed by atoms with E-state index >= 15 is 0 Å². The van der Waals surface area contributed by atoms with Crippen LogP contribution in [0.15, 0.2) is 48.5 Å². The molecule has 2 aromatic rings. The molecule has 0 aliphatic rings. The monoisotopic (exact) mass is 408 g/mol. The van der Waals surface area contributed by atoms with Crippen LogP contribution < -0.4 is 14.4 Å². The molecule has 0 aromatic heterocycles. The number of halogens is 1. The molecule has 2 rings (SSSR count). The molecule has 0 unspecified atom stereocenters. The molecule has 0 aliphatic heterocycles. The molecule has 152 valence electrons. The minimum absolute atomic E-state index is 0.0659. The minimum atomic E-state index is -3.79. The zero-order chi connectivity index (χ0) is 20.9. The summed E-state index contributed by atoms with van der Waals surface area (Å²) < 4.78 is 44.4. The lowest BCUT2D eigenvalue weighted by Gasteiger charge is -2.28. The van der Waals surface area contributed by atoms with Crippen molar-refractivity contribution >= 4 is 21.6 Å². The molecular formula is C20H25FN2O4S. The van der Waals surface area contributed by atoms with Gasteiger partial charge in [0.2, 0.25) is 15.9 Å². The standard InChI is InChI=1S/C20H25FN2O4S/c1-14(2)27-19-10-8-16(9-11-19)13-22-20(24)15(3)23(28(4,25)26)18-7-5-6-17(21)12-18/h5-12,14-15H,13H2,1-4H3,(H,22,24)/t15-/m0/s1. The second-order valence-electron chi connectivity index (χ2n) is 6.74. The van der Waals surface area contributed by atoms with Gasteiger partial charge in [0.05, 0.1) is 18.0 Å². The van der Waals surface area contributed by atoms with Gasteiger partial charge in [-0.3, -0.25) is 9.10 Å². The van der Waals surface area contributed by atoms with Gasteiger partial charge < -0.3 is 10.1 Å². The maximum atomic E-state index is 13.5. The summed E-state index contributed by atoms with van der Waals surface area (Å²) in [4.78, 5) is 12.5. The van der Waals surface area contributed by atoms with Crippen LogP contribution in [0.3, 0.4) is 0 Å². The third kappa shape index (κ3) is 5.95. The van der Waals surface area contributed by atoms with Crippen molar-refractivity contribution in [2.45, 2.75) is 39.5 Å². The topological polar surface area (TPSA) is 75.7 Å². The van der Waals surface area contributed by atoms with Crippen molar-refractivity contribution in [3.63, 3.8) is 0 Å². The fourth-order valence-electron chi connectivity index (χ4n) is 2.72. The van der Waals surface area contributed by atoms with E-state index in [0.29, 0.717) is 0 Å². The largest absolute Gasteiger partial charge is 0.491 e. The Morgan fingerprint density at radius 2 is 1.79 bits per heavy atom. The van der Waals surface area contributed by atoms with Gasteiger partial charge in [-0.15, -0.1) is 0 Å². The summed E-state index contributed by atoms with van der Waals surface area (Å²) in [6, 6.07) is 11.4. The van der Waals surface area contributed by atoms with Crippen LogP contribution in [-0.2, 0) is 21.4 Å². The first kappa shape index (κ1) is 21.7. The molecule has 28 heavy (non-hydrogen) atoms. The number of rotatable bonds is 8. The number of nitrogens with zero attached hydrogens (tertiary/aromatic N) is 1. The number of amides is 1. The number of anilines is 1. The molecule has 1 atom stereocenters. The van der Waals surface area contributed by atoms with E-state index < -0.39 is 27.8 Å². The van der Waals surface area contributed by atoms with E-state index in [1.165, 1.54) is 25.1 Å². The van der Waals surface area contributed by atoms with E-state index in [0.717, 1.165) is 27.9 Å². The first-order chi connectivity index (χ1) is 13.1. The molecule has 1 N–H and O–H groups in total. The Labute approximate surface area is 165 Å². The number of sulfonamides is 1. The fourth-order valence-corrected chi connectivity index (χ4v) is 3.88. The summed E-state index contributed by atoms with van der Waals surface area (Å²) in [5, 5.41) is 2.72. The molecular weight excluding hydrogens is 383 g/mol. The number of benzene rings is 2. The molecule has 0 radical (unpaired) electrons. The highest BCUT2D eigenvalue weighted by molar-refractivity contribution is 7.92. The van der Waals surface area contributed by atoms with Gasteiger partial charge >= 0.3 is 0 Å². The molecule has 0 saturated heterocycles. The highest BCUT2D eigenvalue weighted by Gasteiger charge is 2.29. The number of carbonyl (C=O) groups is 1. The summed E-state index contributed by atoms with van der Waals surface area (Å²) in [5.74, 6) is -0.340. The van der Waals surface area contributed by atoms with Crippen LogP contribution in [0.25, 0.3) is 0 Å². The number of hydrogen-bond acceptors (Lipinski definition) is 4. The maximum Gasteiger partial charge on any atom is 0.243 e. The van der Waals surface area contributed by atoms with Crippen LogP contribution in [0.4, 0.5) is 10.1 Å².